The van der Waals surface area contributed by atoms with Gasteiger partial charge in [-0.25, -0.2) is 4.79 Å². The third-order valence-corrected chi connectivity index (χ3v) is 3.54. The highest BCUT2D eigenvalue weighted by Gasteiger charge is 2.31. The van der Waals surface area contributed by atoms with Gasteiger partial charge in [-0.2, -0.15) is 13.2 Å². The quantitative estimate of drug-likeness (QED) is 0.777. The van der Waals surface area contributed by atoms with E-state index >= 15 is 0 Å². The summed E-state index contributed by atoms with van der Waals surface area (Å²) in [5, 5.41) is 4.86. The van der Waals surface area contributed by atoms with Gasteiger partial charge in [-0.3, -0.25) is 9.78 Å². The molecule has 1 heterocycles. The number of alkyl carbamates (subject to hydrolysis) is 1. The first-order chi connectivity index (χ1) is 13.2. The molecule has 0 aliphatic rings. The molecule has 0 saturated heterocycles. The number of hydrogen-bond acceptors (Lipinski definition) is 5. The molecule has 0 aliphatic carbocycles. The summed E-state index contributed by atoms with van der Waals surface area (Å²) in [4.78, 5) is 27.8. The first kappa shape index (κ1) is 21.0. The molecule has 2 amide bonds. The van der Waals surface area contributed by atoms with Crippen LogP contribution in [-0.4, -0.2) is 30.7 Å². The van der Waals surface area contributed by atoms with Gasteiger partial charge in [0.15, 0.2) is 0 Å². The highest BCUT2D eigenvalue weighted by molar-refractivity contribution is 6.05. The maximum atomic E-state index is 12.9. The normalized spacial score (nSPS) is 10.9. The van der Waals surface area contributed by atoms with Crippen molar-refractivity contribution in [3.8, 4) is 5.75 Å². The molecular weight excluding hydrogens is 379 g/mol. The number of nitrogens with one attached hydrogen (secondary N) is 2. The summed E-state index contributed by atoms with van der Waals surface area (Å²) in [5.74, 6) is -0.572. The maximum Gasteiger partial charge on any atom is 0.416 e. The Labute approximate surface area is 158 Å². The van der Waals surface area contributed by atoms with Crippen molar-refractivity contribution in [2.24, 2.45) is 0 Å². The second-order valence-corrected chi connectivity index (χ2v) is 5.48. The van der Waals surface area contributed by atoms with Crippen LogP contribution in [0.25, 0.3) is 0 Å². The number of rotatable bonds is 6. The van der Waals surface area contributed by atoms with Crippen LogP contribution in [0.4, 0.5) is 23.7 Å². The van der Waals surface area contributed by atoms with E-state index in [2.05, 4.69) is 15.6 Å². The first-order valence-electron chi connectivity index (χ1n) is 8.16. The molecule has 10 heteroatoms. The number of aromatic nitrogens is 1. The number of nitrogens with zero attached hydrogens (tertiary/aromatic N) is 1. The zero-order valence-corrected chi connectivity index (χ0v) is 15.1. The molecule has 0 bridgehead atoms. The van der Waals surface area contributed by atoms with E-state index in [-0.39, 0.29) is 30.2 Å². The van der Waals surface area contributed by atoms with Crippen LogP contribution in [0.5, 0.6) is 5.75 Å². The van der Waals surface area contributed by atoms with Gasteiger partial charge < -0.3 is 20.1 Å². The van der Waals surface area contributed by atoms with Crippen LogP contribution in [0.15, 0.2) is 36.5 Å². The summed E-state index contributed by atoms with van der Waals surface area (Å²) in [6, 6.07) is 5.58. The Hall–Kier alpha value is -3.30. The number of ether oxygens (including phenoxy) is 2. The fraction of sp³-hybridized carbons (Fsp3) is 0.278. The van der Waals surface area contributed by atoms with Crippen LogP contribution in [0.3, 0.4) is 0 Å². The number of methoxy groups -OCH3 is 1. The van der Waals surface area contributed by atoms with E-state index < -0.39 is 23.7 Å². The number of hydrogen-bond donors (Lipinski definition) is 2. The van der Waals surface area contributed by atoms with Crippen LogP contribution < -0.4 is 15.4 Å². The molecule has 1 aromatic carbocycles. The van der Waals surface area contributed by atoms with Gasteiger partial charge in [0.25, 0.3) is 5.91 Å². The van der Waals surface area contributed by atoms with Gasteiger partial charge in [-0.15, -0.1) is 0 Å². The van der Waals surface area contributed by atoms with E-state index in [0.29, 0.717) is 5.69 Å². The average Bonchev–Trinajstić information content (AvgIpc) is 2.66. The van der Waals surface area contributed by atoms with Crippen molar-refractivity contribution in [3.05, 3.63) is 53.3 Å². The number of carbonyl (C=O) groups excluding carboxylic acids is 2. The van der Waals surface area contributed by atoms with Gasteiger partial charge in [0.2, 0.25) is 0 Å². The smallest absolute Gasteiger partial charge is 0.416 e. The predicted molar refractivity (Wildman–Crippen MR) is 94.0 cm³/mol. The summed E-state index contributed by atoms with van der Waals surface area (Å²) in [5.41, 5.74) is -0.519. The molecule has 0 saturated carbocycles. The van der Waals surface area contributed by atoms with Crippen LogP contribution in [0, 0.1) is 0 Å². The van der Waals surface area contributed by atoms with Crippen molar-refractivity contribution in [1.29, 1.82) is 0 Å². The lowest BCUT2D eigenvalue weighted by Crippen LogP contribution is -2.24. The molecular formula is C18H18F3N3O4. The van der Waals surface area contributed by atoms with E-state index in [0.717, 1.165) is 18.2 Å². The minimum Gasteiger partial charge on any atom is -0.495 e. The average molecular weight is 397 g/mol. The highest BCUT2D eigenvalue weighted by Crippen LogP contribution is 2.35. The Morgan fingerprint density at radius 1 is 1.18 bits per heavy atom. The lowest BCUT2D eigenvalue weighted by atomic mass is 10.1. The van der Waals surface area contributed by atoms with Crippen molar-refractivity contribution in [1.82, 2.24) is 10.3 Å². The Morgan fingerprint density at radius 2 is 1.93 bits per heavy atom. The van der Waals surface area contributed by atoms with Gasteiger partial charge in [0, 0.05) is 11.8 Å². The van der Waals surface area contributed by atoms with E-state index in [1.54, 1.807) is 6.92 Å². The largest absolute Gasteiger partial charge is 0.495 e. The van der Waals surface area contributed by atoms with Gasteiger partial charge in [0.1, 0.15) is 5.75 Å². The van der Waals surface area contributed by atoms with Crippen LogP contribution in [0.1, 0.15) is 28.5 Å². The van der Waals surface area contributed by atoms with E-state index in [9.17, 15) is 22.8 Å². The third kappa shape index (κ3) is 5.60. The predicted octanol–water partition coefficient (Wildman–Crippen LogP) is 3.61. The van der Waals surface area contributed by atoms with Crippen LogP contribution in [-0.2, 0) is 17.5 Å². The van der Waals surface area contributed by atoms with Crippen molar-refractivity contribution >= 4 is 17.7 Å². The number of benzene rings is 1. The zero-order chi connectivity index (χ0) is 20.7. The molecule has 150 valence electrons. The minimum atomic E-state index is -4.56. The topological polar surface area (TPSA) is 89.5 Å². The number of carbonyl (C=O) groups is 2. The molecule has 2 rings (SSSR count). The SMILES string of the molecule is CCOC(=O)NCc1cc(C(=O)Nc2cc(C(F)(F)F)ccc2OC)ccn1. The van der Waals surface area contributed by atoms with E-state index in [4.69, 9.17) is 9.47 Å². The molecule has 0 atom stereocenters. The molecule has 0 unspecified atom stereocenters. The number of halogens is 3. The number of amides is 2. The summed E-state index contributed by atoms with van der Waals surface area (Å²) in [6.45, 7) is 1.89. The van der Waals surface area contributed by atoms with Crippen LogP contribution >= 0.6 is 0 Å². The van der Waals surface area contributed by atoms with Crippen molar-refractivity contribution in [2.75, 3.05) is 19.0 Å². The van der Waals surface area contributed by atoms with E-state index in [1.807, 2.05) is 0 Å². The van der Waals surface area contributed by atoms with E-state index in [1.165, 1.54) is 25.4 Å². The lowest BCUT2D eigenvalue weighted by molar-refractivity contribution is -0.137. The molecule has 7 nitrogen and oxygen atoms in total. The molecule has 28 heavy (non-hydrogen) atoms. The standard InChI is InChI=1S/C18H18F3N3O4/c1-3-28-17(26)23-10-13-8-11(6-7-22-13)16(25)24-14-9-12(18(19,20)21)4-5-15(14)27-2/h4-9H,3,10H2,1-2H3,(H,23,26)(H,24,25). The molecule has 0 radical (unpaired) electrons. The maximum absolute atomic E-state index is 12.9. The van der Waals surface area contributed by atoms with Crippen LogP contribution in [0.2, 0.25) is 0 Å². The zero-order valence-electron chi connectivity index (χ0n) is 15.1. The Kier molecular flexibility index (Phi) is 6.80. The second kappa shape index (κ2) is 9.07. The summed E-state index contributed by atoms with van der Waals surface area (Å²) in [6.07, 6.45) is -3.85. The minimum absolute atomic E-state index is 0.0207. The molecule has 2 N–H and O–H groups in total. The van der Waals surface area contributed by atoms with Crippen molar-refractivity contribution in [2.45, 2.75) is 19.6 Å². The lowest BCUT2D eigenvalue weighted by Gasteiger charge is -2.14. The molecule has 2 aromatic rings. The molecule has 0 spiro atoms. The summed E-state index contributed by atoms with van der Waals surface area (Å²) < 4.78 is 48.5. The summed E-state index contributed by atoms with van der Waals surface area (Å²) in [7, 11) is 1.28. The fourth-order valence-electron chi connectivity index (χ4n) is 2.24. The number of pyridine rings is 1. The van der Waals surface area contributed by atoms with Gasteiger partial charge in [-0.05, 0) is 37.3 Å². The Bertz CT molecular complexity index is 856. The highest BCUT2D eigenvalue weighted by atomic mass is 19.4. The fourth-order valence-corrected chi connectivity index (χ4v) is 2.24. The Morgan fingerprint density at radius 3 is 2.57 bits per heavy atom. The monoisotopic (exact) mass is 397 g/mol. The first-order valence-corrected chi connectivity index (χ1v) is 8.16. The van der Waals surface area contributed by atoms with Gasteiger partial charge >= 0.3 is 12.3 Å². The van der Waals surface area contributed by atoms with Gasteiger partial charge in [0.05, 0.1) is 37.2 Å². The Balaban J connectivity index is 2.17. The molecule has 0 aliphatic heterocycles. The van der Waals surface area contributed by atoms with Gasteiger partial charge in [-0.1, -0.05) is 0 Å². The molecule has 0 fully saturated rings. The number of alkyl halides is 3. The third-order valence-electron chi connectivity index (χ3n) is 3.54. The summed E-state index contributed by atoms with van der Waals surface area (Å²) >= 11 is 0. The molecule has 1 aromatic heterocycles. The van der Waals surface area contributed by atoms with Crippen molar-refractivity contribution < 1.29 is 32.2 Å². The van der Waals surface area contributed by atoms with Crippen molar-refractivity contribution in [3.63, 3.8) is 0 Å². The second-order valence-electron chi connectivity index (χ2n) is 5.48. The number of anilines is 1.